The summed E-state index contributed by atoms with van der Waals surface area (Å²) in [5, 5.41) is 18.3. The molecule has 0 N–H and O–H groups in total. The zero-order valence-corrected chi connectivity index (χ0v) is 19.5. The topological polar surface area (TPSA) is 82.5 Å². The Morgan fingerprint density at radius 1 is 0.879 bits per heavy atom. The van der Waals surface area contributed by atoms with Gasteiger partial charge in [0.2, 0.25) is 5.89 Å². The van der Waals surface area contributed by atoms with Crippen LogP contribution in [0, 0.1) is 6.92 Å². The summed E-state index contributed by atoms with van der Waals surface area (Å²) in [7, 11) is 0. The van der Waals surface area contributed by atoms with Gasteiger partial charge >= 0.3 is 0 Å². The number of pyridine rings is 1. The minimum atomic E-state index is -0.143. The van der Waals surface area contributed by atoms with Crippen molar-refractivity contribution < 1.29 is 4.42 Å². The molecule has 0 saturated heterocycles. The van der Waals surface area contributed by atoms with E-state index in [1.165, 1.54) is 17.3 Å². The van der Waals surface area contributed by atoms with E-state index in [1.807, 2.05) is 79.1 Å². The second-order valence-electron chi connectivity index (χ2n) is 7.40. The highest BCUT2D eigenvalue weighted by atomic mass is 35.5. The van der Waals surface area contributed by atoms with Gasteiger partial charge in [0.05, 0.1) is 16.0 Å². The zero-order valence-electron chi connectivity index (χ0n) is 17.9. The molecular weight excluding hydrogens is 456 g/mol. The Labute approximate surface area is 199 Å². The molecule has 0 spiro atoms. The summed E-state index contributed by atoms with van der Waals surface area (Å²) in [6.07, 6.45) is 3.45. The van der Waals surface area contributed by atoms with Gasteiger partial charge in [0.15, 0.2) is 11.6 Å². The third-order valence-corrected chi connectivity index (χ3v) is 6.32. The first-order valence-electron chi connectivity index (χ1n) is 10.3. The number of hydrogen-bond donors (Lipinski definition) is 0. The minimum Gasteiger partial charge on any atom is -0.411 e. The van der Waals surface area contributed by atoms with Crippen LogP contribution in [0.5, 0.6) is 0 Å². The van der Waals surface area contributed by atoms with Crippen molar-refractivity contribution in [2.45, 2.75) is 24.3 Å². The van der Waals surface area contributed by atoms with Crippen molar-refractivity contribution in [1.29, 1.82) is 0 Å². The fraction of sp³-hybridized carbons (Fsp3) is 0.125. The summed E-state index contributed by atoms with van der Waals surface area (Å²) >= 11 is 7.98. The smallest absolute Gasteiger partial charge is 0.277 e. The van der Waals surface area contributed by atoms with Gasteiger partial charge in [-0.1, -0.05) is 53.2 Å². The van der Waals surface area contributed by atoms with Gasteiger partial charge in [-0.3, -0.25) is 9.55 Å². The van der Waals surface area contributed by atoms with E-state index in [4.69, 9.17) is 16.0 Å². The van der Waals surface area contributed by atoms with E-state index >= 15 is 0 Å². The lowest BCUT2D eigenvalue weighted by Crippen LogP contribution is -2.06. The molecule has 0 saturated carbocycles. The average Bonchev–Trinajstić information content (AvgIpc) is 3.48. The number of hydrogen-bond acceptors (Lipinski definition) is 7. The Kier molecular flexibility index (Phi) is 5.93. The monoisotopic (exact) mass is 474 g/mol. The second-order valence-corrected chi connectivity index (χ2v) is 9.10. The molecule has 33 heavy (non-hydrogen) atoms. The summed E-state index contributed by atoms with van der Waals surface area (Å²) in [6, 6.07) is 19.4. The standard InChI is InChI=1S/C24H19ClN6OS/c1-15-7-9-18(10-8-15)23-29-30-24(32-23)33-16(2)21-27-28-22(17-11-13-26-14-12-17)31(21)20-6-4-3-5-19(20)25/h3-14,16H,1-2H3/t16-/m0/s1. The normalized spacial score (nSPS) is 12.1. The molecule has 0 unspecified atom stereocenters. The van der Waals surface area contributed by atoms with E-state index in [1.54, 1.807) is 12.4 Å². The predicted molar refractivity (Wildman–Crippen MR) is 128 cm³/mol. The van der Waals surface area contributed by atoms with E-state index in [-0.39, 0.29) is 5.25 Å². The van der Waals surface area contributed by atoms with Crippen molar-refractivity contribution in [3.05, 3.63) is 89.5 Å². The van der Waals surface area contributed by atoms with Crippen LogP contribution in [0.25, 0.3) is 28.5 Å². The van der Waals surface area contributed by atoms with Crippen LogP contribution in [0.3, 0.4) is 0 Å². The molecule has 3 heterocycles. The lowest BCUT2D eigenvalue weighted by atomic mass is 10.1. The number of halogens is 1. The van der Waals surface area contributed by atoms with Gasteiger partial charge in [-0.2, -0.15) is 0 Å². The number of aromatic nitrogens is 6. The van der Waals surface area contributed by atoms with Crippen molar-refractivity contribution in [2.75, 3.05) is 0 Å². The quantitative estimate of drug-likeness (QED) is 0.271. The Bertz CT molecular complexity index is 1380. The lowest BCUT2D eigenvalue weighted by molar-refractivity contribution is 0.464. The van der Waals surface area contributed by atoms with Crippen LogP contribution in [0.15, 0.2) is 82.7 Å². The zero-order chi connectivity index (χ0) is 22.8. The van der Waals surface area contributed by atoms with Gasteiger partial charge in [-0.05, 0) is 50.2 Å². The summed E-state index contributed by atoms with van der Waals surface area (Å²) in [6.45, 7) is 4.06. The van der Waals surface area contributed by atoms with Crippen LogP contribution in [0.1, 0.15) is 23.6 Å². The SMILES string of the molecule is Cc1ccc(-c2nnc(S[C@@H](C)c3nnc(-c4ccncc4)n3-c3ccccc3Cl)o2)cc1. The van der Waals surface area contributed by atoms with E-state index in [0.717, 1.165) is 22.6 Å². The summed E-state index contributed by atoms with van der Waals surface area (Å²) < 4.78 is 7.88. The first-order chi connectivity index (χ1) is 16.1. The molecule has 0 aliphatic heterocycles. The van der Waals surface area contributed by atoms with Crippen molar-refractivity contribution in [3.8, 4) is 28.5 Å². The molecule has 0 bridgehead atoms. The van der Waals surface area contributed by atoms with Crippen LogP contribution >= 0.6 is 23.4 Å². The van der Waals surface area contributed by atoms with Crippen molar-refractivity contribution in [1.82, 2.24) is 29.9 Å². The second kappa shape index (κ2) is 9.17. The molecule has 1 atom stereocenters. The molecule has 164 valence electrons. The number of rotatable bonds is 6. The third-order valence-electron chi connectivity index (χ3n) is 5.07. The lowest BCUT2D eigenvalue weighted by Gasteiger charge is -2.15. The van der Waals surface area contributed by atoms with Gasteiger partial charge in [0.25, 0.3) is 5.22 Å². The number of para-hydroxylation sites is 1. The van der Waals surface area contributed by atoms with Gasteiger partial charge in [0.1, 0.15) is 0 Å². The maximum atomic E-state index is 6.56. The molecule has 0 amide bonds. The summed E-state index contributed by atoms with van der Waals surface area (Å²) in [5.41, 5.74) is 3.74. The highest BCUT2D eigenvalue weighted by Crippen LogP contribution is 2.38. The molecule has 0 fully saturated rings. The molecule has 0 aliphatic carbocycles. The van der Waals surface area contributed by atoms with Crippen LogP contribution in [-0.2, 0) is 0 Å². The van der Waals surface area contributed by atoms with Crippen molar-refractivity contribution in [3.63, 3.8) is 0 Å². The highest BCUT2D eigenvalue weighted by Gasteiger charge is 2.24. The van der Waals surface area contributed by atoms with Crippen molar-refractivity contribution in [2.24, 2.45) is 0 Å². The van der Waals surface area contributed by atoms with Crippen LogP contribution in [-0.4, -0.2) is 29.9 Å². The average molecular weight is 475 g/mol. The van der Waals surface area contributed by atoms with Gasteiger partial charge in [-0.25, -0.2) is 0 Å². The van der Waals surface area contributed by atoms with Gasteiger partial charge in [0, 0.05) is 23.5 Å². The number of benzene rings is 2. The summed E-state index contributed by atoms with van der Waals surface area (Å²) in [4.78, 5) is 4.11. The van der Waals surface area contributed by atoms with E-state index in [2.05, 4.69) is 25.4 Å². The minimum absolute atomic E-state index is 0.143. The van der Waals surface area contributed by atoms with E-state index < -0.39 is 0 Å². The molecule has 5 aromatic rings. The maximum Gasteiger partial charge on any atom is 0.277 e. The first kappa shape index (κ1) is 21.4. The Morgan fingerprint density at radius 2 is 1.64 bits per heavy atom. The molecule has 7 nitrogen and oxygen atoms in total. The molecule has 0 aliphatic rings. The number of aryl methyl sites for hydroxylation is 1. The highest BCUT2D eigenvalue weighted by molar-refractivity contribution is 7.99. The third kappa shape index (κ3) is 4.40. The molecule has 5 rings (SSSR count). The Morgan fingerprint density at radius 3 is 2.39 bits per heavy atom. The number of thioether (sulfide) groups is 1. The van der Waals surface area contributed by atoms with Gasteiger partial charge in [-0.15, -0.1) is 20.4 Å². The largest absolute Gasteiger partial charge is 0.411 e. The molecule has 3 aromatic heterocycles. The van der Waals surface area contributed by atoms with Gasteiger partial charge < -0.3 is 4.42 Å². The Balaban J connectivity index is 1.50. The molecule has 9 heteroatoms. The van der Waals surface area contributed by atoms with Crippen LogP contribution < -0.4 is 0 Å². The molecular formula is C24H19ClN6OS. The van der Waals surface area contributed by atoms with E-state index in [9.17, 15) is 0 Å². The van der Waals surface area contributed by atoms with Crippen molar-refractivity contribution >= 4 is 23.4 Å². The molecule has 0 radical (unpaired) electrons. The Hall–Kier alpha value is -3.49. The first-order valence-corrected chi connectivity index (χ1v) is 11.5. The fourth-order valence-corrected chi connectivity index (χ4v) is 4.39. The number of nitrogens with zero attached hydrogens (tertiary/aromatic N) is 6. The van der Waals surface area contributed by atoms with E-state index in [0.29, 0.717) is 22.0 Å². The van der Waals surface area contributed by atoms with Crippen LogP contribution in [0.4, 0.5) is 0 Å². The maximum absolute atomic E-state index is 6.56. The van der Waals surface area contributed by atoms with Crippen LogP contribution in [0.2, 0.25) is 5.02 Å². The molecule has 2 aromatic carbocycles. The fourth-order valence-electron chi connectivity index (χ4n) is 3.39. The predicted octanol–water partition coefficient (Wildman–Crippen LogP) is 6.19. The summed E-state index contributed by atoms with van der Waals surface area (Å²) in [5.74, 6) is 1.88.